The number of rotatable bonds is 0. The molecule has 0 N–H and O–H groups in total. The number of hydrogen-bond donors (Lipinski definition) is 0. The Balaban J connectivity index is 2.47. The van der Waals surface area contributed by atoms with Crippen LogP contribution in [0.25, 0.3) is 0 Å². The standard InChI is InChI=1S/C3H2NO2P/c5-7-2-1-6-3(7)4-2/h1H2. The fourth-order valence-electron chi connectivity index (χ4n) is 0.578. The zero-order valence-corrected chi connectivity index (χ0v) is 4.31. The van der Waals surface area contributed by atoms with Gasteiger partial charge in [0.2, 0.25) is 0 Å². The summed E-state index contributed by atoms with van der Waals surface area (Å²) in [5.74, 6) is 0. The largest absolute Gasteiger partial charge is 0.620 e. The molecule has 0 aromatic heterocycles. The normalized spacial score (nSPS) is 29.0. The van der Waals surface area contributed by atoms with Crippen molar-refractivity contribution in [2.75, 3.05) is 6.61 Å². The van der Waals surface area contributed by atoms with Gasteiger partial charge in [0.25, 0.3) is 5.42 Å². The van der Waals surface area contributed by atoms with Gasteiger partial charge in [-0.1, -0.05) is 0 Å². The maximum atomic E-state index is 10.5. The van der Waals surface area contributed by atoms with Crippen LogP contribution in [0.4, 0.5) is 0 Å². The van der Waals surface area contributed by atoms with Crippen molar-refractivity contribution in [3.8, 4) is 0 Å². The first kappa shape index (κ1) is 3.58. The zero-order valence-electron chi connectivity index (χ0n) is 3.42. The second kappa shape index (κ2) is 0.881. The van der Waals surface area contributed by atoms with Crippen LogP contribution in [0.5, 0.6) is 0 Å². The minimum absolute atomic E-state index is 0.449. The minimum atomic E-state index is -1.23. The maximum Gasteiger partial charge on any atom is 0.402 e. The van der Waals surface area contributed by atoms with E-state index in [4.69, 9.17) is 4.74 Å². The van der Waals surface area contributed by atoms with Crippen LogP contribution in [-0.4, -0.2) is 17.7 Å². The van der Waals surface area contributed by atoms with Gasteiger partial charge < -0.3 is 9.63 Å². The highest BCUT2D eigenvalue weighted by Crippen LogP contribution is 2.33. The molecule has 7 heavy (non-hydrogen) atoms. The summed E-state index contributed by atoms with van der Waals surface area (Å²) >= 11 is 0. The monoisotopic (exact) mass is 115 g/mol. The van der Waals surface area contributed by atoms with Gasteiger partial charge in [0.15, 0.2) is 14.4 Å². The van der Waals surface area contributed by atoms with E-state index in [9.17, 15) is 4.89 Å². The summed E-state index contributed by atoms with van der Waals surface area (Å²) in [6, 6.07) is 0. The van der Waals surface area contributed by atoms with Gasteiger partial charge in [-0.25, -0.2) is 0 Å². The molecule has 1 atom stereocenters. The van der Waals surface area contributed by atoms with Crippen molar-refractivity contribution in [2.45, 2.75) is 0 Å². The lowest BCUT2D eigenvalue weighted by Crippen LogP contribution is -2.07. The number of aliphatic imine (C=N–C) groups is 1. The van der Waals surface area contributed by atoms with Crippen LogP contribution in [0.3, 0.4) is 0 Å². The molecule has 36 valence electrons. The van der Waals surface area contributed by atoms with Gasteiger partial charge in [-0.2, -0.15) is 0 Å². The Labute approximate surface area is 41.1 Å². The van der Waals surface area contributed by atoms with E-state index in [0.29, 0.717) is 12.2 Å². The average molecular weight is 115 g/mol. The highest BCUT2D eigenvalue weighted by molar-refractivity contribution is 7.72. The van der Waals surface area contributed by atoms with Gasteiger partial charge in [0.1, 0.15) is 0 Å². The van der Waals surface area contributed by atoms with E-state index in [1.54, 1.807) is 0 Å². The van der Waals surface area contributed by atoms with Gasteiger partial charge in [0.05, 0.1) is 0 Å². The van der Waals surface area contributed by atoms with Crippen molar-refractivity contribution in [1.82, 2.24) is 0 Å². The second-order valence-corrected chi connectivity index (χ2v) is 2.88. The van der Waals surface area contributed by atoms with Crippen molar-refractivity contribution in [3.63, 3.8) is 0 Å². The summed E-state index contributed by atoms with van der Waals surface area (Å²) in [6.45, 7) is 0.477. The van der Waals surface area contributed by atoms with Crippen LogP contribution in [0.15, 0.2) is 4.99 Å². The van der Waals surface area contributed by atoms with E-state index >= 15 is 0 Å². The van der Waals surface area contributed by atoms with Gasteiger partial charge in [-0.3, -0.25) is 0 Å². The molecular formula is C3H2NO2P. The van der Waals surface area contributed by atoms with Crippen molar-refractivity contribution < 1.29 is 9.63 Å². The Bertz CT molecular complexity index is 183. The smallest absolute Gasteiger partial charge is 0.402 e. The lowest BCUT2D eigenvalue weighted by Gasteiger charge is -1.93. The highest BCUT2D eigenvalue weighted by atomic mass is 31.1. The van der Waals surface area contributed by atoms with E-state index < -0.39 is 7.77 Å². The molecule has 0 saturated heterocycles. The molecule has 4 heteroatoms. The van der Waals surface area contributed by atoms with Crippen LogP contribution in [-0.2, 0) is 4.74 Å². The van der Waals surface area contributed by atoms with Crippen LogP contribution in [0, 0.1) is 0 Å². The van der Waals surface area contributed by atoms with Crippen molar-refractivity contribution in [2.24, 2.45) is 4.99 Å². The molecule has 3 aliphatic heterocycles. The molecule has 0 aromatic rings. The zero-order chi connectivity index (χ0) is 4.85. The van der Waals surface area contributed by atoms with Crippen molar-refractivity contribution in [1.29, 1.82) is 0 Å². The molecule has 0 spiro atoms. The number of hydrogen-bond acceptors (Lipinski definition) is 3. The molecule has 3 aliphatic rings. The number of ether oxygens (including phenoxy) is 1. The Kier molecular flexibility index (Phi) is 0.451. The number of fused-ring (bicyclic) bond motifs is 1. The topological polar surface area (TPSA) is 44.6 Å². The first-order valence-electron chi connectivity index (χ1n) is 1.92. The molecule has 1 unspecified atom stereocenters. The third kappa shape index (κ3) is 0.263. The van der Waals surface area contributed by atoms with Gasteiger partial charge in [0, 0.05) is 0 Å². The minimum Gasteiger partial charge on any atom is -0.620 e. The van der Waals surface area contributed by atoms with Crippen molar-refractivity contribution in [3.05, 3.63) is 0 Å². The van der Waals surface area contributed by atoms with E-state index in [2.05, 4.69) is 4.99 Å². The molecule has 3 heterocycles. The molecule has 0 fully saturated rings. The summed E-state index contributed by atoms with van der Waals surface area (Å²) in [4.78, 5) is 14.2. The van der Waals surface area contributed by atoms with Gasteiger partial charge in [-0.15, -0.1) is 4.99 Å². The average Bonchev–Trinajstić information content (AvgIpc) is 2.18. The summed E-state index contributed by atoms with van der Waals surface area (Å²) in [7, 11) is -1.23. The summed E-state index contributed by atoms with van der Waals surface area (Å²) < 4.78 is 4.77. The van der Waals surface area contributed by atoms with Gasteiger partial charge in [-0.05, 0) is 0 Å². The molecule has 3 rings (SSSR count). The maximum absolute atomic E-state index is 10.5. The molecule has 0 saturated carbocycles. The van der Waals surface area contributed by atoms with Crippen LogP contribution in [0.1, 0.15) is 0 Å². The molecule has 0 aromatic carbocycles. The predicted octanol–water partition coefficient (Wildman–Crippen LogP) is -0.727. The molecule has 0 amide bonds. The van der Waals surface area contributed by atoms with Crippen LogP contribution < -0.4 is 4.89 Å². The fraction of sp³-hybridized carbons (Fsp3) is 0.333. The molecule has 3 nitrogen and oxygen atoms in total. The third-order valence-corrected chi connectivity index (χ3v) is 2.24. The van der Waals surface area contributed by atoms with Gasteiger partial charge >= 0.3 is 5.64 Å². The quantitative estimate of drug-likeness (QED) is 0.391. The Morgan fingerprint density at radius 1 is 1.86 bits per heavy atom. The SMILES string of the molecule is [O-][P+]1=C2COC1=N2. The van der Waals surface area contributed by atoms with Crippen LogP contribution >= 0.6 is 7.77 Å². The van der Waals surface area contributed by atoms with E-state index in [0.717, 1.165) is 5.42 Å². The third-order valence-electron chi connectivity index (χ3n) is 0.963. The number of nitrogens with zero attached hydrogens (tertiary/aromatic N) is 1. The Morgan fingerprint density at radius 2 is 2.71 bits per heavy atom. The fourth-order valence-corrected chi connectivity index (χ4v) is 1.41. The summed E-state index contributed by atoms with van der Waals surface area (Å²) in [6.07, 6.45) is 0. The predicted molar refractivity (Wildman–Crippen MR) is 25.3 cm³/mol. The molecular weight excluding hydrogens is 113 g/mol. The molecule has 0 radical (unpaired) electrons. The lowest BCUT2D eigenvalue weighted by molar-refractivity contribution is -0.149. The summed E-state index contributed by atoms with van der Waals surface area (Å²) in [5.41, 5.74) is 1.18. The Hall–Kier alpha value is -0.400. The Morgan fingerprint density at radius 3 is 2.86 bits per heavy atom. The first-order chi connectivity index (χ1) is 3.38. The van der Waals surface area contributed by atoms with E-state index in [-0.39, 0.29) is 0 Å². The van der Waals surface area contributed by atoms with Crippen molar-refractivity contribution >= 4 is 18.8 Å². The van der Waals surface area contributed by atoms with E-state index in [1.165, 1.54) is 0 Å². The molecule has 2 bridgehead atoms. The second-order valence-electron chi connectivity index (χ2n) is 1.39. The summed E-state index contributed by atoms with van der Waals surface area (Å²) in [5, 5.41) is 0. The van der Waals surface area contributed by atoms with E-state index in [1.807, 2.05) is 0 Å². The highest BCUT2D eigenvalue weighted by Gasteiger charge is 2.38. The first-order valence-corrected chi connectivity index (χ1v) is 3.18. The molecule has 0 aliphatic carbocycles. The lowest BCUT2D eigenvalue weighted by atomic mass is 10.7. The van der Waals surface area contributed by atoms with Crippen LogP contribution in [0.2, 0.25) is 0 Å².